The van der Waals surface area contributed by atoms with Crippen molar-refractivity contribution in [3.05, 3.63) is 52.9 Å². The number of nitrogens with zero attached hydrogens (tertiary/aromatic N) is 3. The van der Waals surface area contributed by atoms with Crippen LogP contribution in [0.1, 0.15) is 0 Å². The summed E-state index contributed by atoms with van der Waals surface area (Å²) in [4.78, 5) is 0. The van der Waals surface area contributed by atoms with Gasteiger partial charge in [-0.25, -0.2) is 4.39 Å². The van der Waals surface area contributed by atoms with Crippen molar-refractivity contribution in [1.82, 2.24) is 14.6 Å². The Morgan fingerprint density at radius 1 is 1.12 bits per heavy atom. The van der Waals surface area contributed by atoms with E-state index in [4.69, 9.17) is 0 Å². The summed E-state index contributed by atoms with van der Waals surface area (Å²) in [5.41, 5.74) is 1.43. The second-order valence-electron chi connectivity index (χ2n) is 3.61. The molecule has 0 saturated carbocycles. The topological polar surface area (TPSA) is 30.2 Å². The van der Waals surface area contributed by atoms with Crippen molar-refractivity contribution in [2.24, 2.45) is 0 Å². The molecule has 0 unspecified atom stereocenters. The minimum absolute atomic E-state index is 0.281. The van der Waals surface area contributed by atoms with Gasteiger partial charge in [0, 0.05) is 16.2 Å². The van der Waals surface area contributed by atoms with Crippen molar-refractivity contribution in [3.8, 4) is 11.4 Å². The molecule has 0 amide bonds. The highest BCUT2D eigenvalue weighted by Gasteiger charge is 2.08. The predicted octanol–water partition coefficient (Wildman–Crippen LogP) is 3.30. The zero-order chi connectivity index (χ0) is 11.8. The first-order valence-corrected chi connectivity index (χ1v) is 5.79. The van der Waals surface area contributed by atoms with Crippen molar-refractivity contribution in [1.29, 1.82) is 0 Å². The van der Waals surface area contributed by atoms with Crippen LogP contribution in [0.3, 0.4) is 0 Å². The second-order valence-corrected chi connectivity index (χ2v) is 4.52. The highest BCUT2D eigenvalue weighted by molar-refractivity contribution is 9.10. The Morgan fingerprint density at radius 3 is 2.82 bits per heavy atom. The van der Waals surface area contributed by atoms with E-state index in [1.807, 2.05) is 28.8 Å². The van der Waals surface area contributed by atoms with Crippen LogP contribution >= 0.6 is 15.9 Å². The number of hydrogen-bond donors (Lipinski definition) is 0. The molecule has 3 aromatic rings. The maximum atomic E-state index is 13.2. The van der Waals surface area contributed by atoms with Crippen LogP contribution in [0.2, 0.25) is 0 Å². The molecule has 3 rings (SSSR count). The molecular weight excluding hydrogens is 285 g/mol. The van der Waals surface area contributed by atoms with Crippen LogP contribution in [-0.4, -0.2) is 14.6 Å². The standard InChI is InChI=1S/C12H7BrFN3/c13-9-4-5-17-11(7-9)15-16-12(17)8-2-1-3-10(14)6-8/h1-7H. The average molecular weight is 292 g/mol. The summed E-state index contributed by atoms with van der Waals surface area (Å²) in [5, 5.41) is 8.12. The molecule has 0 radical (unpaired) electrons. The lowest BCUT2D eigenvalue weighted by atomic mass is 10.2. The first-order chi connectivity index (χ1) is 8.24. The molecule has 84 valence electrons. The van der Waals surface area contributed by atoms with E-state index < -0.39 is 0 Å². The maximum absolute atomic E-state index is 13.2. The predicted molar refractivity (Wildman–Crippen MR) is 66.1 cm³/mol. The third kappa shape index (κ3) is 1.82. The molecule has 1 aromatic carbocycles. The van der Waals surface area contributed by atoms with Crippen LogP contribution in [0, 0.1) is 5.82 Å². The minimum atomic E-state index is -0.281. The molecule has 17 heavy (non-hydrogen) atoms. The number of rotatable bonds is 1. The van der Waals surface area contributed by atoms with Gasteiger partial charge in [-0.3, -0.25) is 4.40 Å². The largest absolute Gasteiger partial charge is 0.282 e. The van der Waals surface area contributed by atoms with E-state index in [2.05, 4.69) is 26.1 Å². The third-order valence-corrected chi connectivity index (χ3v) is 2.95. The van der Waals surface area contributed by atoms with E-state index >= 15 is 0 Å². The van der Waals surface area contributed by atoms with Gasteiger partial charge in [-0.15, -0.1) is 10.2 Å². The fraction of sp³-hybridized carbons (Fsp3) is 0. The van der Waals surface area contributed by atoms with Crippen LogP contribution in [0.15, 0.2) is 47.1 Å². The third-order valence-electron chi connectivity index (χ3n) is 2.45. The summed E-state index contributed by atoms with van der Waals surface area (Å²) in [7, 11) is 0. The maximum Gasteiger partial charge on any atom is 0.168 e. The molecule has 0 N–H and O–H groups in total. The summed E-state index contributed by atoms with van der Waals surface area (Å²) in [6, 6.07) is 10.1. The van der Waals surface area contributed by atoms with Crippen LogP contribution in [0.25, 0.3) is 17.0 Å². The lowest BCUT2D eigenvalue weighted by Crippen LogP contribution is -1.89. The van der Waals surface area contributed by atoms with Gasteiger partial charge in [0.2, 0.25) is 0 Å². The zero-order valence-corrected chi connectivity index (χ0v) is 10.2. The zero-order valence-electron chi connectivity index (χ0n) is 8.64. The number of aromatic nitrogens is 3. The SMILES string of the molecule is Fc1cccc(-c2nnc3cc(Br)ccn23)c1. The fourth-order valence-corrected chi connectivity index (χ4v) is 2.01. The quantitative estimate of drug-likeness (QED) is 0.689. The molecule has 3 nitrogen and oxygen atoms in total. The molecule has 0 bridgehead atoms. The number of halogens is 2. The van der Waals surface area contributed by atoms with Gasteiger partial charge in [0.15, 0.2) is 11.5 Å². The van der Waals surface area contributed by atoms with Crippen molar-refractivity contribution in [2.45, 2.75) is 0 Å². The van der Waals surface area contributed by atoms with E-state index in [1.165, 1.54) is 12.1 Å². The van der Waals surface area contributed by atoms with Gasteiger partial charge < -0.3 is 0 Å². The Balaban J connectivity index is 2.24. The van der Waals surface area contributed by atoms with Crippen LogP contribution in [0.4, 0.5) is 4.39 Å². The van der Waals surface area contributed by atoms with Gasteiger partial charge in [-0.1, -0.05) is 28.1 Å². The second kappa shape index (κ2) is 3.92. The van der Waals surface area contributed by atoms with Crippen LogP contribution in [-0.2, 0) is 0 Å². The van der Waals surface area contributed by atoms with Crippen molar-refractivity contribution >= 4 is 21.6 Å². The molecule has 5 heteroatoms. The Bertz CT molecular complexity index is 693. The molecule has 0 atom stereocenters. The summed E-state index contributed by atoms with van der Waals surface area (Å²) < 4.78 is 15.9. The molecule has 0 aliphatic heterocycles. The molecule has 0 fully saturated rings. The molecule has 2 aromatic heterocycles. The van der Waals surface area contributed by atoms with Gasteiger partial charge >= 0.3 is 0 Å². The van der Waals surface area contributed by atoms with Gasteiger partial charge in [0.25, 0.3) is 0 Å². The molecule has 0 aliphatic rings. The van der Waals surface area contributed by atoms with Crippen LogP contribution < -0.4 is 0 Å². The summed E-state index contributed by atoms with van der Waals surface area (Å²) in [6.45, 7) is 0. The average Bonchev–Trinajstić information content (AvgIpc) is 2.71. The molecule has 2 heterocycles. The Hall–Kier alpha value is -1.75. The smallest absolute Gasteiger partial charge is 0.168 e. The van der Waals surface area contributed by atoms with E-state index in [0.29, 0.717) is 11.4 Å². The number of fused-ring (bicyclic) bond motifs is 1. The van der Waals surface area contributed by atoms with Gasteiger partial charge in [0.1, 0.15) is 5.82 Å². The summed E-state index contributed by atoms with van der Waals surface area (Å²) in [5.74, 6) is 0.350. The Morgan fingerprint density at radius 2 is 2.00 bits per heavy atom. The highest BCUT2D eigenvalue weighted by Crippen LogP contribution is 2.20. The van der Waals surface area contributed by atoms with E-state index in [-0.39, 0.29) is 5.82 Å². The first kappa shape index (κ1) is 10.4. The Labute approximate surface area is 105 Å². The molecular formula is C12H7BrFN3. The summed E-state index contributed by atoms with van der Waals surface area (Å²) >= 11 is 3.37. The van der Waals surface area contributed by atoms with E-state index in [0.717, 1.165) is 10.1 Å². The monoisotopic (exact) mass is 291 g/mol. The minimum Gasteiger partial charge on any atom is -0.282 e. The Kier molecular flexibility index (Phi) is 2.40. The number of hydrogen-bond acceptors (Lipinski definition) is 2. The van der Waals surface area contributed by atoms with Crippen LogP contribution in [0.5, 0.6) is 0 Å². The summed E-state index contributed by atoms with van der Waals surface area (Å²) in [6.07, 6.45) is 1.85. The normalized spacial score (nSPS) is 10.9. The molecule has 0 aliphatic carbocycles. The van der Waals surface area contributed by atoms with Gasteiger partial charge in [0.05, 0.1) is 0 Å². The van der Waals surface area contributed by atoms with Crippen molar-refractivity contribution < 1.29 is 4.39 Å². The highest BCUT2D eigenvalue weighted by atomic mass is 79.9. The number of pyridine rings is 1. The van der Waals surface area contributed by atoms with Crippen molar-refractivity contribution in [3.63, 3.8) is 0 Å². The first-order valence-electron chi connectivity index (χ1n) is 5.00. The lowest BCUT2D eigenvalue weighted by Gasteiger charge is -2.00. The molecule has 0 saturated heterocycles. The van der Waals surface area contributed by atoms with E-state index in [1.54, 1.807) is 6.07 Å². The van der Waals surface area contributed by atoms with E-state index in [9.17, 15) is 4.39 Å². The van der Waals surface area contributed by atoms with Crippen molar-refractivity contribution in [2.75, 3.05) is 0 Å². The number of benzene rings is 1. The fourth-order valence-electron chi connectivity index (χ4n) is 1.69. The van der Waals surface area contributed by atoms with Gasteiger partial charge in [-0.05, 0) is 24.3 Å². The lowest BCUT2D eigenvalue weighted by molar-refractivity contribution is 0.628. The van der Waals surface area contributed by atoms with Gasteiger partial charge in [-0.2, -0.15) is 0 Å². The molecule has 0 spiro atoms.